The molecule has 0 unspecified atom stereocenters. The van der Waals surface area contributed by atoms with E-state index in [0.29, 0.717) is 23.0 Å². The topological polar surface area (TPSA) is 68.5 Å². The maximum Gasteiger partial charge on any atom is 0.328 e. The zero-order valence-corrected chi connectivity index (χ0v) is 13.6. The van der Waals surface area contributed by atoms with E-state index in [2.05, 4.69) is 5.32 Å². The number of carbonyl (C=O) groups excluding carboxylic acids is 2. The van der Waals surface area contributed by atoms with Gasteiger partial charge in [-0.1, -0.05) is 13.8 Å². The Bertz CT molecular complexity index is 736. The van der Waals surface area contributed by atoms with Gasteiger partial charge in [0.05, 0.1) is 7.11 Å². The number of benzene rings is 1. The van der Waals surface area contributed by atoms with Crippen LogP contribution in [0.15, 0.2) is 22.6 Å². The van der Waals surface area contributed by atoms with E-state index in [1.54, 1.807) is 6.92 Å². The number of rotatable bonds is 5. The quantitative estimate of drug-likeness (QED) is 0.859. The van der Waals surface area contributed by atoms with Crippen molar-refractivity contribution in [2.45, 2.75) is 33.2 Å². The number of esters is 1. The van der Waals surface area contributed by atoms with Gasteiger partial charge in [0.15, 0.2) is 5.76 Å². The van der Waals surface area contributed by atoms with Crippen molar-refractivity contribution in [2.24, 2.45) is 5.92 Å². The molecule has 0 aliphatic rings. The van der Waals surface area contributed by atoms with Crippen molar-refractivity contribution in [1.29, 1.82) is 0 Å². The number of ether oxygens (including phenoxy) is 1. The molecule has 0 aliphatic carbocycles. The van der Waals surface area contributed by atoms with Gasteiger partial charge in [-0.05, 0) is 37.5 Å². The summed E-state index contributed by atoms with van der Waals surface area (Å²) < 4.78 is 23.6. The normalized spacial score (nSPS) is 12.4. The Labute approximate surface area is 133 Å². The van der Waals surface area contributed by atoms with Crippen LogP contribution in [0.5, 0.6) is 0 Å². The van der Waals surface area contributed by atoms with Gasteiger partial charge in [-0.3, -0.25) is 4.79 Å². The summed E-state index contributed by atoms with van der Waals surface area (Å²) in [7, 11) is 1.27. The number of hydrogen-bond donors (Lipinski definition) is 1. The first-order chi connectivity index (χ1) is 10.8. The Morgan fingerprint density at radius 1 is 1.35 bits per heavy atom. The second kappa shape index (κ2) is 6.81. The van der Waals surface area contributed by atoms with Crippen LogP contribution in [-0.4, -0.2) is 25.0 Å². The summed E-state index contributed by atoms with van der Waals surface area (Å²) in [5.74, 6) is -1.16. The first-order valence-electron chi connectivity index (χ1n) is 7.40. The van der Waals surface area contributed by atoms with E-state index in [4.69, 9.17) is 9.15 Å². The maximum atomic E-state index is 13.3. The first kappa shape index (κ1) is 17.0. The van der Waals surface area contributed by atoms with Crippen molar-refractivity contribution < 1.29 is 23.1 Å². The van der Waals surface area contributed by atoms with E-state index in [1.165, 1.54) is 25.3 Å². The molecule has 23 heavy (non-hydrogen) atoms. The Morgan fingerprint density at radius 2 is 2.04 bits per heavy atom. The average molecular weight is 321 g/mol. The number of methoxy groups -OCH3 is 1. The highest BCUT2D eigenvalue weighted by Gasteiger charge is 2.26. The van der Waals surface area contributed by atoms with Crippen LogP contribution in [0, 0.1) is 18.7 Å². The third kappa shape index (κ3) is 3.70. The van der Waals surface area contributed by atoms with Crippen molar-refractivity contribution in [3.63, 3.8) is 0 Å². The lowest BCUT2D eigenvalue weighted by Crippen LogP contribution is -2.42. The van der Waals surface area contributed by atoms with E-state index in [-0.39, 0.29) is 11.7 Å². The largest absolute Gasteiger partial charge is 0.467 e. The van der Waals surface area contributed by atoms with Gasteiger partial charge >= 0.3 is 5.97 Å². The third-order valence-electron chi connectivity index (χ3n) is 3.60. The fraction of sp³-hybridized carbons (Fsp3) is 0.412. The number of carbonyl (C=O) groups is 2. The molecule has 1 aromatic heterocycles. The average Bonchev–Trinajstić information content (AvgIpc) is 2.82. The molecule has 1 aromatic carbocycles. The molecule has 0 saturated heterocycles. The zero-order valence-electron chi connectivity index (χ0n) is 13.6. The van der Waals surface area contributed by atoms with Crippen LogP contribution in [0.1, 0.15) is 36.4 Å². The van der Waals surface area contributed by atoms with Crippen LogP contribution in [-0.2, 0) is 9.53 Å². The van der Waals surface area contributed by atoms with E-state index in [1.807, 2.05) is 13.8 Å². The summed E-state index contributed by atoms with van der Waals surface area (Å²) in [4.78, 5) is 24.2. The summed E-state index contributed by atoms with van der Waals surface area (Å²) in [6.07, 6.45) is 0.451. The Morgan fingerprint density at radius 3 is 2.65 bits per heavy atom. The summed E-state index contributed by atoms with van der Waals surface area (Å²) in [5.41, 5.74) is 0.956. The molecule has 0 aliphatic heterocycles. The highest BCUT2D eigenvalue weighted by Crippen LogP contribution is 2.26. The van der Waals surface area contributed by atoms with Crippen LogP contribution >= 0.6 is 0 Å². The summed E-state index contributed by atoms with van der Waals surface area (Å²) in [6.45, 7) is 5.56. The maximum absolute atomic E-state index is 13.3. The molecular formula is C17H20FNO4. The van der Waals surface area contributed by atoms with Gasteiger partial charge < -0.3 is 14.5 Å². The van der Waals surface area contributed by atoms with Crippen molar-refractivity contribution in [3.8, 4) is 0 Å². The van der Waals surface area contributed by atoms with E-state index < -0.39 is 23.7 Å². The number of aryl methyl sites for hydroxylation is 1. The Hall–Kier alpha value is -2.37. The molecule has 1 N–H and O–H groups in total. The van der Waals surface area contributed by atoms with Crippen LogP contribution in [0.3, 0.4) is 0 Å². The summed E-state index contributed by atoms with van der Waals surface area (Å²) in [5, 5.41) is 3.17. The van der Waals surface area contributed by atoms with E-state index >= 15 is 0 Å². The second-order valence-electron chi connectivity index (χ2n) is 5.88. The molecule has 1 atom stereocenters. The van der Waals surface area contributed by atoms with Crippen molar-refractivity contribution in [1.82, 2.24) is 5.32 Å². The Balaban J connectivity index is 2.28. The number of hydrogen-bond acceptors (Lipinski definition) is 4. The molecule has 124 valence electrons. The van der Waals surface area contributed by atoms with Crippen LogP contribution in [0.4, 0.5) is 4.39 Å². The lowest BCUT2D eigenvalue weighted by Gasteiger charge is -2.17. The number of furan rings is 1. The van der Waals surface area contributed by atoms with Crippen molar-refractivity contribution in [3.05, 3.63) is 35.3 Å². The molecule has 0 spiro atoms. The zero-order chi connectivity index (χ0) is 17.1. The van der Waals surface area contributed by atoms with Crippen molar-refractivity contribution in [2.75, 3.05) is 7.11 Å². The van der Waals surface area contributed by atoms with Gasteiger partial charge in [-0.15, -0.1) is 0 Å². The van der Waals surface area contributed by atoms with Gasteiger partial charge in [-0.25, -0.2) is 9.18 Å². The second-order valence-corrected chi connectivity index (χ2v) is 5.88. The number of amides is 1. The lowest BCUT2D eigenvalue weighted by atomic mass is 10.0. The molecule has 2 aromatic rings. The molecule has 2 rings (SSSR count). The van der Waals surface area contributed by atoms with E-state index in [9.17, 15) is 14.0 Å². The van der Waals surface area contributed by atoms with Gasteiger partial charge in [0.25, 0.3) is 5.91 Å². The molecule has 0 bridgehead atoms. The molecule has 1 amide bonds. The Kier molecular flexibility index (Phi) is 5.03. The molecule has 0 fully saturated rings. The minimum Gasteiger partial charge on any atom is -0.467 e. The third-order valence-corrected chi connectivity index (χ3v) is 3.60. The number of halogens is 1. The first-order valence-corrected chi connectivity index (χ1v) is 7.40. The standard InChI is InChI=1S/C17H20FNO4/c1-9(2)7-13(17(21)22-4)19-16(20)15-10(3)12-8-11(18)5-6-14(12)23-15/h5-6,8-9,13H,7H2,1-4H3,(H,19,20)/t13-/m1/s1. The fourth-order valence-corrected chi connectivity index (χ4v) is 2.46. The molecule has 5 nitrogen and oxygen atoms in total. The van der Waals surface area contributed by atoms with Gasteiger partial charge in [0.1, 0.15) is 17.4 Å². The molecule has 1 heterocycles. The molecule has 6 heteroatoms. The van der Waals surface area contributed by atoms with Gasteiger partial charge in [-0.2, -0.15) is 0 Å². The van der Waals surface area contributed by atoms with Crippen LogP contribution in [0.2, 0.25) is 0 Å². The minimum atomic E-state index is -0.753. The van der Waals surface area contributed by atoms with Crippen LogP contribution in [0.25, 0.3) is 11.0 Å². The van der Waals surface area contributed by atoms with E-state index in [0.717, 1.165) is 0 Å². The van der Waals surface area contributed by atoms with Crippen molar-refractivity contribution >= 4 is 22.8 Å². The lowest BCUT2D eigenvalue weighted by molar-refractivity contribution is -0.143. The predicted molar refractivity (Wildman–Crippen MR) is 83.6 cm³/mol. The summed E-state index contributed by atoms with van der Waals surface area (Å²) >= 11 is 0. The molecule has 0 radical (unpaired) electrons. The summed E-state index contributed by atoms with van der Waals surface area (Å²) in [6, 6.07) is 3.30. The monoisotopic (exact) mass is 321 g/mol. The highest BCUT2D eigenvalue weighted by atomic mass is 19.1. The fourth-order valence-electron chi connectivity index (χ4n) is 2.46. The minimum absolute atomic E-state index is 0.0725. The molecule has 0 saturated carbocycles. The predicted octanol–water partition coefficient (Wildman–Crippen LogP) is 3.20. The number of fused-ring (bicyclic) bond motifs is 1. The SMILES string of the molecule is COC(=O)[C@@H](CC(C)C)NC(=O)c1oc2ccc(F)cc2c1C. The smallest absolute Gasteiger partial charge is 0.328 e. The van der Waals surface area contributed by atoms with Crippen LogP contribution < -0.4 is 5.32 Å². The van der Waals surface area contributed by atoms with Gasteiger partial charge in [0.2, 0.25) is 0 Å². The van der Waals surface area contributed by atoms with Gasteiger partial charge in [0, 0.05) is 10.9 Å². The highest BCUT2D eigenvalue weighted by molar-refractivity contribution is 6.00. The number of nitrogens with one attached hydrogen (secondary N) is 1. The molecular weight excluding hydrogens is 301 g/mol.